The molecule has 0 spiro atoms. The van der Waals surface area contributed by atoms with E-state index in [1.54, 1.807) is 0 Å². The third kappa shape index (κ3) is 3.34. The summed E-state index contributed by atoms with van der Waals surface area (Å²) >= 11 is 12.3. The smallest absolute Gasteiger partial charge is 0.0650 e. The fraction of sp³-hybridized carbons (Fsp3) is 0.250. The zero-order chi connectivity index (χ0) is 14.2. The monoisotopic (exact) mass is 448 g/mol. The molecule has 1 atom stereocenters. The summed E-state index contributed by atoms with van der Waals surface area (Å²) in [6.45, 7) is 6.46. The van der Waals surface area contributed by atoms with E-state index in [-0.39, 0.29) is 4.83 Å². The van der Waals surface area contributed by atoms with Gasteiger partial charge in [-0.25, -0.2) is 0 Å². The van der Waals surface area contributed by atoms with Gasteiger partial charge in [-0.2, -0.15) is 0 Å². The predicted molar refractivity (Wildman–Crippen MR) is 95.6 cm³/mol. The van der Waals surface area contributed by atoms with Crippen LogP contribution in [-0.2, 0) is 0 Å². The molecule has 2 aromatic carbocycles. The summed E-state index contributed by atoms with van der Waals surface area (Å²) in [5, 5.41) is 0.810. The second-order valence-electron chi connectivity index (χ2n) is 4.85. The Balaban J connectivity index is 2.49. The highest BCUT2D eigenvalue weighted by molar-refractivity contribution is 14.1. The fourth-order valence-corrected chi connectivity index (χ4v) is 3.96. The van der Waals surface area contributed by atoms with Crippen molar-refractivity contribution in [3.63, 3.8) is 0 Å². The highest BCUT2D eigenvalue weighted by atomic mass is 127. The zero-order valence-corrected chi connectivity index (χ0v) is 15.6. The van der Waals surface area contributed by atoms with Crippen LogP contribution in [0.1, 0.15) is 32.6 Å². The second-order valence-corrected chi connectivity index (χ2v) is 7.33. The lowest BCUT2D eigenvalue weighted by molar-refractivity contribution is 1.10. The van der Waals surface area contributed by atoms with Crippen molar-refractivity contribution in [2.45, 2.75) is 25.6 Å². The normalized spacial score (nSPS) is 12.5. The summed E-state index contributed by atoms with van der Waals surface area (Å²) in [6.07, 6.45) is 0. The number of hydrogen-bond acceptors (Lipinski definition) is 0. The van der Waals surface area contributed by atoms with Crippen molar-refractivity contribution in [3.8, 4) is 0 Å². The molecule has 19 heavy (non-hydrogen) atoms. The van der Waals surface area contributed by atoms with Crippen LogP contribution in [0.25, 0.3) is 0 Å². The zero-order valence-electron chi connectivity index (χ0n) is 11.1. The van der Waals surface area contributed by atoms with E-state index in [4.69, 9.17) is 11.6 Å². The van der Waals surface area contributed by atoms with Gasteiger partial charge in [-0.1, -0.05) is 51.3 Å². The quantitative estimate of drug-likeness (QED) is 0.370. The molecule has 0 heterocycles. The second kappa shape index (κ2) is 6.15. The Morgan fingerprint density at radius 2 is 1.63 bits per heavy atom. The van der Waals surface area contributed by atoms with E-state index in [1.807, 2.05) is 6.07 Å². The van der Waals surface area contributed by atoms with Crippen LogP contribution in [0.5, 0.6) is 0 Å². The molecule has 2 aromatic rings. The molecular formula is C16H15BrClI. The molecule has 0 aliphatic carbocycles. The molecule has 0 saturated heterocycles. The van der Waals surface area contributed by atoms with Gasteiger partial charge >= 0.3 is 0 Å². The maximum atomic E-state index is 6.22. The third-order valence-corrected chi connectivity index (χ3v) is 5.79. The van der Waals surface area contributed by atoms with Crippen molar-refractivity contribution in [3.05, 3.63) is 66.7 Å². The van der Waals surface area contributed by atoms with E-state index in [0.29, 0.717) is 0 Å². The number of halogens is 3. The standard InChI is InChI=1S/C16H15BrClI/c1-9-6-10(2)15(11(3)7-9)16(17)12-4-5-14(19)13(18)8-12/h4-8,16H,1-3H3. The van der Waals surface area contributed by atoms with Gasteiger partial charge in [-0.3, -0.25) is 0 Å². The Hall–Kier alpha value is -0.0600. The van der Waals surface area contributed by atoms with E-state index in [0.717, 1.165) is 8.59 Å². The Morgan fingerprint density at radius 1 is 1.05 bits per heavy atom. The number of benzene rings is 2. The van der Waals surface area contributed by atoms with Crippen LogP contribution in [0.2, 0.25) is 5.02 Å². The predicted octanol–water partition coefficient (Wildman–Crippen LogP) is 6.35. The van der Waals surface area contributed by atoms with E-state index in [9.17, 15) is 0 Å². The van der Waals surface area contributed by atoms with E-state index >= 15 is 0 Å². The maximum absolute atomic E-state index is 6.22. The topological polar surface area (TPSA) is 0 Å². The lowest BCUT2D eigenvalue weighted by Crippen LogP contribution is -2.00. The minimum atomic E-state index is 0.183. The summed E-state index contributed by atoms with van der Waals surface area (Å²) in [6, 6.07) is 10.7. The first-order chi connectivity index (χ1) is 8.90. The van der Waals surface area contributed by atoms with Crippen molar-refractivity contribution in [2.24, 2.45) is 0 Å². The van der Waals surface area contributed by atoms with Crippen molar-refractivity contribution < 1.29 is 0 Å². The summed E-state index contributed by atoms with van der Waals surface area (Å²) in [5.41, 5.74) is 6.46. The van der Waals surface area contributed by atoms with Gasteiger partial charge in [0, 0.05) is 3.57 Å². The van der Waals surface area contributed by atoms with Crippen LogP contribution < -0.4 is 0 Å². The van der Waals surface area contributed by atoms with Crippen LogP contribution in [0.15, 0.2) is 30.3 Å². The summed E-state index contributed by atoms with van der Waals surface area (Å²) in [5.74, 6) is 0. The molecule has 2 rings (SSSR count). The van der Waals surface area contributed by atoms with Gasteiger partial charge in [0.05, 0.1) is 9.85 Å². The van der Waals surface area contributed by atoms with Crippen molar-refractivity contribution >= 4 is 50.1 Å². The first-order valence-corrected chi connectivity index (χ1v) is 8.44. The molecule has 0 aromatic heterocycles. The van der Waals surface area contributed by atoms with E-state index in [2.05, 4.69) is 83.6 Å². The van der Waals surface area contributed by atoms with Gasteiger partial charge in [0.15, 0.2) is 0 Å². The third-order valence-electron chi connectivity index (χ3n) is 3.23. The average Bonchev–Trinajstić information content (AvgIpc) is 2.31. The maximum Gasteiger partial charge on any atom is 0.0650 e. The molecule has 0 N–H and O–H groups in total. The molecule has 0 saturated carbocycles. The lowest BCUT2D eigenvalue weighted by atomic mass is 9.94. The van der Waals surface area contributed by atoms with Gasteiger partial charge in [0.1, 0.15) is 0 Å². The average molecular weight is 450 g/mol. The highest BCUT2D eigenvalue weighted by Crippen LogP contribution is 2.37. The Kier molecular flexibility index (Phi) is 4.96. The van der Waals surface area contributed by atoms with Gasteiger partial charge in [-0.05, 0) is 77.7 Å². The molecule has 1 unspecified atom stereocenters. The van der Waals surface area contributed by atoms with Crippen LogP contribution in [0.3, 0.4) is 0 Å². The number of alkyl halides is 1. The molecule has 0 nitrogen and oxygen atoms in total. The molecule has 0 amide bonds. The molecule has 0 aliphatic rings. The molecule has 0 fully saturated rings. The molecule has 0 radical (unpaired) electrons. The van der Waals surface area contributed by atoms with Crippen LogP contribution in [-0.4, -0.2) is 0 Å². The highest BCUT2D eigenvalue weighted by Gasteiger charge is 2.16. The van der Waals surface area contributed by atoms with Crippen LogP contribution in [0.4, 0.5) is 0 Å². The molecule has 0 bridgehead atoms. The van der Waals surface area contributed by atoms with Gasteiger partial charge in [0.2, 0.25) is 0 Å². The summed E-state index contributed by atoms with van der Waals surface area (Å²) < 4.78 is 1.08. The van der Waals surface area contributed by atoms with Crippen LogP contribution in [0, 0.1) is 24.3 Å². The number of hydrogen-bond donors (Lipinski definition) is 0. The Labute approximate surface area is 141 Å². The number of rotatable bonds is 2. The fourth-order valence-electron chi connectivity index (χ4n) is 2.43. The van der Waals surface area contributed by atoms with Gasteiger partial charge in [0.25, 0.3) is 0 Å². The van der Waals surface area contributed by atoms with Crippen LogP contribution >= 0.6 is 50.1 Å². The minimum Gasteiger partial charge on any atom is -0.0832 e. The Bertz CT molecular complexity index is 599. The van der Waals surface area contributed by atoms with Gasteiger partial charge in [-0.15, -0.1) is 0 Å². The van der Waals surface area contributed by atoms with Crippen molar-refractivity contribution in [1.82, 2.24) is 0 Å². The number of aryl methyl sites for hydroxylation is 3. The first kappa shape index (κ1) is 15.3. The molecule has 0 aliphatic heterocycles. The van der Waals surface area contributed by atoms with E-state index in [1.165, 1.54) is 27.8 Å². The summed E-state index contributed by atoms with van der Waals surface area (Å²) in [7, 11) is 0. The first-order valence-electron chi connectivity index (χ1n) is 6.07. The van der Waals surface area contributed by atoms with E-state index < -0.39 is 0 Å². The molecule has 3 heteroatoms. The SMILES string of the molecule is Cc1cc(C)c(C(Br)c2ccc(I)c(Cl)c2)c(C)c1. The van der Waals surface area contributed by atoms with Crippen molar-refractivity contribution in [2.75, 3.05) is 0 Å². The Morgan fingerprint density at radius 3 is 2.16 bits per heavy atom. The lowest BCUT2D eigenvalue weighted by Gasteiger charge is -2.18. The largest absolute Gasteiger partial charge is 0.0832 e. The molecular weight excluding hydrogens is 434 g/mol. The summed E-state index contributed by atoms with van der Waals surface area (Å²) in [4.78, 5) is 0.183. The molecule has 100 valence electrons. The van der Waals surface area contributed by atoms with Gasteiger partial charge < -0.3 is 0 Å². The van der Waals surface area contributed by atoms with Crippen molar-refractivity contribution in [1.29, 1.82) is 0 Å². The minimum absolute atomic E-state index is 0.183.